The highest BCUT2D eigenvalue weighted by molar-refractivity contribution is 6.31. The summed E-state index contributed by atoms with van der Waals surface area (Å²) < 4.78 is 0. The van der Waals surface area contributed by atoms with E-state index in [4.69, 9.17) is 11.6 Å². The van der Waals surface area contributed by atoms with Crippen molar-refractivity contribution < 1.29 is 14.7 Å². The van der Waals surface area contributed by atoms with E-state index in [1.54, 1.807) is 4.90 Å². The van der Waals surface area contributed by atoms with Gasteiger partial charge in [-0.2, -0.15) is 0 Å². The van der Waals surface area contributed by atoms with Crippen molar-refractivity contribution in [3.63, 3.8) is 0 Å². The summed E-state index contributed by atoms with van der Waals surface area (Å²) >= 11 is 6.71. The molecule has 1 fully saturated rings. The molecule has 1 aromatic rings. The molecule has 1 aromatic carbocycles. The maximum Gasteiger partial charge on any atom is 0.308 e. The van der Waals surface area contributed by atoms with E-state index in [0.717, 1.165) is 47.4 Å². The van der Waals surface area contributed by atoms with Crippen LogP contribution in [-0.4, -0.2) is 27.9 Å². The number of aliphatic carboxylic acids is 1. The number of amides is 1. The van der Waals surface area contributed by atoms with Crippen molar-refractivity contribution >= 4 is 23.5 Å². The smallest absolute Gasteiger partial charge is 0.308 e. The fourth-order valence-corrected chi connectivity index (χ4v) is 5.64. The monoisotopic (exact) mass is 459 g/mol. The molecule has 0 spiro atoms. The number of hydrogen-bond acceptors (Lipinski definition) is 2. The van der Waals surface area contributed by atoms with Crippen molar-refractivity contribution in [1.82, 2.24) is 4.90 Å². The minimum atomic E-state index is -0.800. The maximum atomic E-state index is 13.3. The van der Waals surface area contributed by atoms with Gasteiger partial charge in [-0.15, -0.1) is 0 Å². The Hall–Kier alpha value is -1.81. The second-order valence-corrected chi connectivity index (χ2v) is 11.8. The van der Waals surface area contributed by atoms with Gasteiger partial charge in [-0.25, -0.2) is 0 Å². The number of benzene rings is 1. The first kappa shape index (κ1) is 24.8. The Labute approximate surface area is 198 Å². The molecule has 0 saturated heterocycles. The van der Waals surface area contributed by atoms with Crippen LogP contribution in [0.5, 0.6) is 0 Å². The number of halogens is 1. The van der Waals surface area contributed by atoms with Gasteiger partial charge in [-0.05, 0) is 59.8 Å². The molecule has 0 aromatic heterocycles. The molecule has 3 atom stereocenters. The van der Waals surface area contributed by atoms with E-state index >= 15 is 0 Å². The number of carbonyl (C=O) groups excluding carboxylic acids is 1. The van der Waals surface area contributed by atoms with Gasteiger partial charge in [0.25, 0.3) is 0 Å². The summed E-state index contributed by atoms with van der Waals surface area (Å²) in [5.74, 6) is -1.06. The Bertz CT molecular complexity index is 914. The molecule has 0 radical (unpaired) electrons. The van der Waals surface area contributed by atoms with Crippen LogP contribution < -0.4 is 0 Å². The molecule has 2 aliphatic rings. The van der Waals surface area contributed by atoms with Crippen molar-refractivity contribution in [2.24, 2.45) is 17.3 Å². The third-order valence-electron chi connectivity index (χ3n) is 7.32. The molecule has 1 heterocycles. The molecule has 1 aliphatic heterocycles. The predicted molar refractivity (Wildman–Crippen MR) is 130 cm³/mol. The van der Waals surface area contributed by atoms with Crippen LogP contribution in [0.1, 0.15) is 84.8 Å². The number of allylic oxidation sites excluding steroid dienone is 1. The van der Waals surface area contributed by atoms with Crippen LogP contribution >= 0.6 is 11.6 Å². The molecule has 1 saturated carbocycles. The van der Waals surface area contributed by atoms with E-state index in [9.17, 15) is 14.7 Å². The zero-order valence-corrected chi connectivity index (χ0v) is 21.1. The molecule has 0 bridgehead atoms. The van der Waals surface area contributed by atoms with E-state index in [1.807, 2.05) is 12.3 Å². The summed E-state index contributed by atoms with van der Waals surface area (Å²) in [6, 6.07) is 6.02. The molecule has 0 unspecified atom stereocenters. The van der Waals surface area contributed by atoms with Crippen molar-refractivity contribution in [1.29, 1.82) is 0 Å². The van der Waals surface area contributed by atoms with Crippen molar-refractivity contribution in [2.75, 3.05) is 0 Å². The summed E-state index contributed by atoms with van der Waals surface area (Å²) in [5.41, 5.74) is 3.14. The van der Waals surface area contributed by atoms with Gasteiger partial charge in [0.15, 0.2) is 0 Å². The van der Waals surface area contributed by atoms with Crippen LogP contribution in [0, 0.1) is 17.3 Å². The van der Waals surface area contributed by atoms with Gasteiger partial charge < -0.3 is 10.0 Å². The molecule has 32 heavy (non-hydrogen) atoms. The lowest BCUT2D eigenvalue weighted by molar-refractivity contribution is -0.145. The van der Waals surface area contributed by atoms with Gasteiger partial charge in [-0.3, -0.25) is 9.59 Å². The summed E-state index contributed by atoms with van der Waals surface area (Å²) in [4.78, 5) is 26.8. The van der Waals surface area contributed by atoms with E-state index in [0.29, 0.717) is 12.8 Å². The Balaban J connectivity index is 1.95. The Morgan fingerprint density at radius 2 is 1.97 bits per heavy atom. The molecular weight excluding hydrogens is 422 g/mol. The van der Waals surface area contributed by atoms with Crippen molar-refractivity contribution in [3.05, 3.63) is 46.1 Å². The first-order valence-electron chi connectivity index (χ1n) is 11.9. The second-order valence-electron chi connectivity index (χ2n) is 11.4. The molecule has 5 heteroatoms. The summed E-state index contributed by atoms with van der Waals surface area (Å²) in [6.45, 7) is 13.1. The van der Waals surface area contributed by atoms with Crippen molar-refractivity contribution in [2.45, 2.75) is 91.5 Å². The van der Waals surface area contributed by atoms with Gasteiger partial charge in [0.2, 0.25) is 5.91 Å². The van der Waals surface area contributed by atoms with E-state index in [-0.39, 0.29) is 23.3 Å². The zero-order chi connectivity index (χ0) is 23.8. The van der Waals surface area contributed by atoms with Crippen LogP contribution in [0.25, 0.3) is 0 Å². The summed E-state index contributed by atoms with van der Waals surface area (Å²) in [7, 11) is 0. The number of carboxylic acid groups (broad SMARTS) is 1. The summed E-state index contributed by atoms with van der Waals surface area (Å²) in [5, 5.41) is 10.4. The number of carboxylic acids is 1. The standard InChI is InChI=1S/C27H38ClNO3/c1-17(2)21-16-29(23-9-7-8-20(23)25(31)32)24(30)15-27(21,6)19-11-10-18(22(28)14-19)12-13-26(3,4)5/h10-11,14,16-17,20,23H,7-9,12-13,15H2,1-6H3,(H,31,32)/t20-,23+,27-/m0/s1. The number of aryl methyl sites for hydroxylation is 1. The second kappa shape index (κ2) is 9.21. The highest BCUT2D eigenvalue weighted by atomic mass is 35.5. The van der Waals surface area contributed by atoms with Gasteiger partial charge in [0.05, 0.1) is 5.92 Å². The SMILES string of the molecule is CC(C)C1=CN([C@@H]2CCC[C@@H]2C(=O)O)C(=O)C[C@@]1(C)c1ccc(CCC(C)(C)C)c(Cl)c1. The Morgan fingerprint density at radius 1 is 1.28 bits per heavy atom. The molecule has 1 aliphatic carbocycles. The number of nitrogens with zero attached hydrogens (tertiary/aromatic N) is 1. The fourth-order valence-electron chi connectivity index (χ4n) is 5.36. The molecule has 1 amide bonds. The van der Waals surface area contributed by atoms with Crippen LogP contribution in [0.4, 0.5) is 0 Å². The van der Waals surface area contributed by atoms with E-state index in [2.05, 4.69) is 53.7 Å². The minimum absolute atomic E-state index is 0.00276. The van der Waals surface area contributed by atoms with Gasteiger partial charge >= 0.3 is 5.97 Å². The van der Waals surface area contributed by atoms with Gasteiger partial charge in [-0.1, -0.05) is 71.7 Å². The lowest BCUT2D eigenvalue weighted by atomic mass is 9.68. The van der Waals surface area contributed by atoms with Crippen LogP contribution in [0.15, 0.2) is 30.0 Å². The van der Waals surface area contributed by atoms with Crippen molar-refractivity contribution in [3.8, 4) is 0 Å². The zero-order valence-electron chi connectivity index (χ0n) is 20.4. The molecule has 176 valence electrons. The predicted octanol–water partition coefficient (Wildman–Crippen LogP) is 6.60. The minimum Gasteiger partial charge on any atom is -0.481 e. The number of rotatable bonds is 6. The molecule has 3 rings (SSSR count). The molecule has 4 nitrogen and oxygen atoms in total. The Kier molecular flexibility index (Phi) is 7.14. The van der Waals surface area contributed by atoms with E-state index < -0.39 is 17.3 Å². The highest BCUT2D eigenvalue weighted by Crippen LogP contribution is 2.45. The first-order chi connectivity index (χ1) is 14.8. The molecular formula is C27H38ClNO3. The highest BCUT2D eigenvalue weighted by Gasteiger charge is 2.45. The Morgan fingerprint density at radius 3 is 2.53 bits per heavy atom. The van der Waals surface area contributed by atoms with Crippen LogP contribution in [0.2, 0.25) is 5.02 Å². The van der Waals surface area contributed by atoms with Gasteiger partial charge in [0, 0.05) is 29.1 Å². The largest absolute Gasteiger partial charge is 0.481 e. The fraction of sp³-hybridized carbons (Fsp3) is 0.630. The average Bonchev–Trinajstić information content (AvgIpc) is 3.15. The maximum absolute atomic E-state index is 13.3. The quantitative estimate of drug-likeness (QED) is 0.521. The number of carbonyl (C=O) groups is 2. The normalized spacial score (nSPS) is 26.6. The van der Waals surface area contributed by atoms with Crippen LogP contribution in [0.3, 0.4) is 0 Å². The lowest BCUT2D eigenvalue weighted by Gasteiger charge is -2.43. The molecule has 1 N–H and O–H groups in total. The lowest BCUT2D eigenvalue weighted by Crippen LogP contribution is -2.48. The average molecular weight is 460 g/mol. The topological polar surface area (TPSA) is 57.6 Å². The third kappa shape index (κ3) is 5.06. The number of hydrogen-bond donors (Lipinski definition) is 1. The van der Waals surface area contributed by atoms with Crippen LogP contribution in [-0.2, 0) is 21.4 Å². The van der Waals surface area contributed by atoms with Gasteiger partial charge in [0.1, 0.15) is 0 Å². The third-order valence-corrected chi connectivity index (χ3v) is 7.67. The van der Waals surface area contributed by atoms with E-state index in [1.165, 1.54) is 0 Å². The first-order valence-corrected chi connectivity index (χ1v) is 12.3. The summed E-state index contributed by atoms with van der Waals surface area (Å²) in [6.07, 6.45) is 6.50.